The van der Waals surface area contributed by atoms with E-state index < -0.39 is 5.51 Å². The van der Waals surface area contributed by atoms with Crippen LogP contribution in [0.25, 0.3) is 0 Å². The molecule has 0 N–H and O–H groups in total. The topological polar surface area (TPSA) is 0 Å². The number of benzene rings is 1. The van der Waals surface area contributed by atoms with Gasteiger partial charge in [-0.1, -0.05) is 43.6 Å². The molecule has 0 nitrogen and oxygen atoms in total. The van der Waals surface area contributed by atoms with Crippen molar-refractivity contribution >= 4 is 11.8 Å². The van der Waals surface area contributed by atoms with Crippen LogP contribution in [0.5, 0.6) is 0 Å². The lowest BCUT2D eigenvalue weighted by Crippen LogP contribution is -2.01. The Hall–Kier alpha value is -1.08. The maximum absolute atomic E-state index is 12.6. The number of hydrogen-bond acceptors (Lipinski definition) is 1. The summed E-state index contributed by atoms with van der Waals surface area (Å²) in [4.78, 5) is 0.212. The molecule has 0 spiro atoms. The van der Waals surface area contributed by atoms with Crippen molar-refractivity contribution in [3.8, 4) is 11.8 Å². The molecular weight excluding hydrogens is 293 g/mol. The number of rotatable bonds is 1. The lowest BCUT2D eigenvalue weighted by Gasteiger charge is -2.09. The van der Waals surface area contributed by atoms with Crippen molar-refractivity contribution in [1.29, 1.82) is 0 Å². The van der Waals surface area contributed by atoms with Gasteiger partial charge in [0.1, 0.15) is 0 Å². The van der Waals surface area contributed by atoms with Gasteiger partial charge in [0.15, 0.2) is 0 Å². The second kappa shape index (κ2) is 7.26. The summed E-state index contributed by atoms with van der Waals surface area (Å²) < 4.78 is 37.8. The third-order valence-electron chi connectivity index (χ3n) is 3.63. The normalized spacial score (nSPS) is 17.0. The van der Waals surface area contributed by atoms with Crippen LogP contribution in [0.1, 0.15) is 49.7 Å². The van der Waals surface area contributed by atoms with E-state index in [0.29, 0.717) is 11.5 Å². The smallest absolute Gasteiger partial charge is 0.160 e. The summed E-state index contributed by atoms with van der Waals surface area (Å²) in [6.07, 6.45) is 6.99. The largest absolute Gasteiger partial charge is 0.446 e. The van der Waals surface area contributed by atoms with Crippen LogP contribution < -0.4 is 0 Å². The molecular formula is C17H19F3S. The Morgan fingerprint density at radius 2 is 1.76 bits per heavy atom. The van der Waals surface area contributed by atoms with Crippen molar-refractivity contribution in [2.75, 3.05) is 0 Å². The molecule has 0 heterocycles. The number of hydrogen-bond donors (Lipinski definition) is 0. The molecule has 1 aliphatic carbocycles. The van der Waals surface area contributed by atoms with E-state index in [1.807, 2.05) is 6.07 Å². The summed E-state index contributed by atoms with van der Waals surface area (Å²) in [6.45, 7) is 1.79. The van der Waals surface area contributed by atoms with Crippen LogP contribution in [0.4, 0.5) is 13.2 Å². The lowest BCUT2D eigenvalue weighted by molar-refractivity contribution is -0.0328. The van der Waals surface area contributed by atoms with Gasteiger partial charge in [-0.05, 0) is 49.2 Å². The van der Waals surface area contributed by atoms with Crippen molar-refractivity contribution in [3.63, 3.8) is 0 Å². The van der Waals surface area contributed by atoms with Gasteiger partial charge in [-0.15, -0.1) is 0 Å². The van der Waals surface area contributed by atoms with E-state index in [9.17, 15) is 13.2 Å². The minimum absolute atomic E-state index is 0.0702. The van der Waals surface area contributed by atoms with Gasteiger partial charge in [-0.2, -0.15) is 13.2 Å². The van der Waals surface area contributed by atoms with Gasteiger partial charge in [-0.3, -0.25) is 0 Å². The van der Waals surface area contributed by atoms with Crippen LogP contribution >= 0.6 is 11.8 Å². The van der Waals surface area contributed by atoms with Gasteiger partial charge >= 0.3 is 5.51 Å². The molecule has 21 heavy (non-hydrogen) atoms. The standard InChI is InChI=1S/C17H19F3S/c1-13-8-10-15(16(12-13)21-17(18,19)20)11-9-14-6-4-2-3-5-7-14/h8,10,12,14H,2-7H2,1H3. The third kappa shape index (κ3) is 5.67. The van der Waals surface area contributed by atoms with E-state index in [2.05, 4.69) is 11.8 Å². The van der Waals surface area contributed by atoms with Gasteiger partial charge in [0.25, 0.3) is 0 Å². The molecule has 0 aliphatic heterocycles. The van der Waals surface area contributed by atoms with Crippen LogP contribution in [0.2, 0.25) is 0 Å². The average Bonchev–Trinajstić information content (AvgIpc) is 2.64. The highest BCUT2D eigenvalue weighted by Gasteiger charge is 2.30. The lowest BCUT2D eigenvalue weighted by atomic mass is 10.0. The second-order valence-electron chi connectivity index (χ2n) is 5.51. The number of thioether (sulfide) groups is 1. The summed E-state index contributed by atoms with van der Waals surface area (Å²) in [5.41, 5.74) is -2.96. The van der Waals surface area contributed by atoms with E-state index in [1.165, 1.54) is 25.7 Å². The van der Waals surface area contributed by atoms with Gasteiger partial charge in [0.05, 0.1) is 0 Å². The molecule has 0 unspecified atom stereocenters. The maximum atomic E-state index is 12.6. The molecule has 1 saturated carbocycles. The van der Waals surface area contributed by atoms with Crippen LogP contribution in [-0.2, 0) is 0 Å². The fourth-order valence-electron chi connectivity index (χ4n) is 2.55. The van der Waals surface area contributed by atoms with Crippen LogP contribution in [0, 0.1) is 24.7 Å². The first-order valence-corrected chi connectivity index (χ1v) is 8.13. The first-order valence-electron chi connectivity index (χ1n) is 7.32. The zero-order chi connectivity index (χ0) is 15.3. The van der Waals surface area contributed by atoms with Crippen molar-refractivity contribution < 1.29 is 13.2 Å². The molecule has 0 radical (unpaired) electrons. The highest BCUT2D eigenvalue weighted by molar-refractivity contribution is 8.00. The average molecular weight is 312 g/mol. The Bertz CT molecular complexity index is 529. The number of alkyl halides is 3. The molecule has 1 aromatic carbocycles. The van der Waals surface area contributed by atoms with Crippen LogP contribution in [-0.4, -0.2) is 5.51 Å². The molecule has 0 aromatic heterocycles. The summed E-state index contributed by atoms with van der Waals surface area (Å²) >= 11 is -0.0702. The van der Waals surface area contributed by atoms with E-state index in [0.717, 1.165) is 18.4 Å². The number of halogens is 3. The SMILES string of the molecule is Cc1ccc(C#CC2CCCCCC2)c(SC(F)(F)F)c1. The Morgan fingerprint density at radius 3 is 2.38 bits per heavy atom. The third-order valence-corrected chi connectivity index (χ3v) is 4.42. The van der Waals surface area contributed by atoms with Crippen molar-refractivity contribution in [3.05, 3.63) is 29.3 Å². The predicted molar refractivity (Wildman–Crippen MR) is 81.2 cm³/mol. The van der Waals surface area contributed by atoms with Gasteiger partial charge in [-0.25, -0.2) is 0 Å². The van der Waals surface area contributed by atoms with Crippen LogP contribution in [0.15, 0.2) is 23.1 Å². The Balaban J connectivity index is 2.19. The summed E-state index contributed by atoms with van der Waals surface area (Å²) in [6, 6.07) is 5.08. The van der Waals surface area contributed by atoms with E-state index in [-0.39, 0.29) is 16.7 Å². The maximum Gasteiger partial charge on any atom is 0.446 e. The Labute approximate surface area is 128 Å². The highest BCUT2D eigenvalue weighted by atomic mass is 32.2. The quantitative estimate of drug-likeness (QED) is 0.352. The molecule has 0 saturated heterocycles. The van der Waals surface area contributed by atoms with Gasteiger partial charge in [0, 0.05) is 16.4 Å². The molecule has 1 fully saturated rings. The molecule has 0 bridgehead atoms. The first kappa shape index (κ1) is 16.3. The Kier molecular flexibility index (Phi) is 5.64. The van der Waals surface area contributed by atoms with Crippen molar-refractivity contribution in [1.82, 2.24) is 0 Å². The molecule has 4 heteroatoms. The molecule has 0 amide bonds. The van der Waals surface area contributed by atoms with Crippen LogP contribution in [0.3, 0.4) is 0 Å². The van der Waals surface area contributed by atoms with Gasteiger partial charge < -0.3 is 0 Å². The summed E-state index contributed by atoms with van der Waals surface area (Å²) in [5, 5.41) is 0. The van der Waals surface area contributed by atoms with Crippen molar-refractivity contribution in [2.45, 2.75) is 55.9 Å². The first-order chi connectivity index (χ1) is 9.94. The summed E-state index contributed by atoms with van der Waals surface area (Å²) in [7, 11) is 0. The fraction of sp³-hybridized carbons (Fsp3) is 0.529. The van der Waals surface area contributed by atoms with E-state index in [1.54, 1.807) is 19.1 Å². The molecule has 0 atom stereocenters. The molecule has 114 valence electrons. The van der Waals surface area contributed by atoms with E-state index in [4.69, 9.17) is 0 Å². The van der Waals surface area contributed by atoms with E-state index >= 15 is 0 Å². The molecule has 1 aliphatic rings. The summed E-state index contributed by atoms with van der Waals surface area (Å²) in [5.74, 6) is 6.51. The van der Waals surface area contributed by atoms with Crippen molar-refractivity contribution in [2.24, 2.45) is 5.92 Å². The minimum atomic E-state index is -4.27. The minimum Gasteiger partial charge on any atom is -0.160 e. The predicted octanol–water partition coefficient (Wildman–Crippen LogP) is 5.93. The zero-order valence-corrected chi connectivity index (χ0v) is 12.9. The second-order valence-corrected chi connectivity index (χ2v) is 6.61. The molecule has 1 aromatic rings. The monoisotopic (exact) mass is 312 g/mol. The zero-order valence-electron chi connectivity index (χ0n) is 12.1. The van der Waals surface area contributed by atoms with Gasteiger partial charge in [0.2, 0.25) is 0 Å². The Morgan fingerprint density at radius 1 is 1.10 bits per heavy atom. The molecule has 2 rings (SSSR count). The number of aryl methyl sites for hydroxylation is 1. The highest BCUT2D eigenvalue weighted by Crippen LogP contribution is 2.38. The fourth-order valence-corrected chi connectivity index (χ4v) is 3.27.